The quantitative estimate of drug-likeness (QED) is 0.805. The van der Waals surface area contributed by atoms with Crippen LogP contribution < -0.4 is 4.90 Å². The van der Waals surface area contributed by atoms with Gasteiger partial charge in [0.2, 0.25) is 0 Å². The zero-order chi connectivity index (χ0) is 14.6. The smallest absolute Gasteiger partial charge is 0.261 e. The van der Waals surface area contributed by atoms with Crippen molar-refractivity contribution in [1.82, 2.24) is 0 Å². The Kier molecular flexibility index (Phi) is 2.42. The van der Waals surface area contributed by atoms with E-state index in [0.29, 0.717) is 16.8 Å². The van der Waals surface area contributed by atoms with Gasteiger partial charge in [-0.05, 0) is 30.2 Å². The van der Waals surface area contributed by atoms with E-state index in [2.05, 4.69) is 4.99 Å². The number of phenols is 1. The molecule has 0 spiro atoms. The van der Waals surface area contributed by atoms with Crippen LogP contribution in [0.1, 0.15) is 21.5 Å². The Balaban J connectivity index is 1.90. The van der Waals surface area contributed by atoms with Crippen molar-refractivity contribution in [1.29, 1.82) is 0 Å². The highest BCUT2D eigenvalue weighted by atomic mass is 16.3. The van der Waals surface area contributed by atoms with Gasteiger partial charge in [0.05, 0.1) is 17.3 Å². The van der Waals surface area contributed by atoms with Crippen molar-refractivity contribution in [3.63, 3.8) is 0 Å². The Labute approximate surface area is 122 Å². The summed E-state index contributed by atoms with van der Waals surface area (Å²) in [6.45, 7) is 1.78. The average molecular weight is 278 g/mol. The number of phenolic OH excluding ortho intramolecular Hbond substituents is 1. The molecule has 0 bridgehead atoms. The van der Waals surface area contributed by atoms with Crippen molar-refractivity contribution in [3.8, 4) is 5.75 Å². The molecular formula is C17H14N2O2. The van der Waals surface area contributed by atoms with E-state index < -0.39 is 0 Å². The molecule has 4 rings (SSSR count). The molecule has 21 heavy (non-hydrogen) atoms. The third-order valence-electron chi connectivity index (χ3n) is 4.16. The average Bonchev–Trinajstić information content (AvgIpc) is 2.80. The first-order valence-corrected chi connectivity index (χ1v) is 6.94. The maximum absolute atomic E-state index is 12.9. The number of rotatable bonds is 0. The summed E-state index contributed by atoms with van der Waals surface area (Å²) >= 11 is 0. The second-order valence-corrected chi connectivity index (χ2v) is 5.51. The number of carbonyl (C=O) groups is 1. The Morgan fingerprint density at radius 3 is 2.95 bits per heavy atom. The maximum atomic E-state index is 12.9. The largest absolute Gasteiger partial charge is 0.508 e. The monoisotopic (exact) mass is 278 g/mol. The molecule has 1 N–H and O–H groups in total. The molecule has 4 heteroatoms. The van der Waals surface area contributed by atoms with Gasteiger partial charge >= 0.3 is 0 Å². The van der Waals surface area contributed by atoms with Gasteiger partial charge in [-0.3, -0.25) is 14.7 Å². The van der Waals surface area contributed by atoms with E-state index in [4.69, 9.17) is 0 Å². The van der Waals surface area contributed by atoms with Gasteiger partial charge in [-0.1, -0.05) is 18.2 Å². The van der Waals surface area contributed by atoms with Crippen LogP contribution in [-0.4, -0.2) is 23.3 Å². The Hall–Kier alpha value is -2.62. The molecule has 4 nitrogen and oxygen atoms in total. The number of benzene rings is 2. The molecular weight excluding hydrogens is 264 g/mol. The highest BCUT2D eigenvalue weighted by molar-refractivity contribution is 6.14. The SMILES string of the molecule is Cc1cc2c(cc1O)N=CC1Cc3ccccc3N1C2=O. The lowest BCUT2D eigenvalue weighted by atomic mass is 10.1. The molecule has 1 atom stereocenters. The van der Waals surface area contributed by atoms with Crippen LogP contribution in [0.2, 0.25) is 0 Å². The first-order chi connectivity index (χ1) is 10.1. The van der Waals surface area contributed by atoms with Gasteiger partial charge in [-0.15, -0.1) is 0 Å². The van der Waals surface area contributed by atoms with E-state index in [1.807, 2.05) is 24.3 Å². The van der Waals surface area contributed by atoms with Gasteiger partial charge in [-0.2, -0.15) is 0 Å². The van der Waals surface area contributed by atoms with E-state index in [9.17, 15) is 9.90 Å². The highest BCUT2D eigenvalue weighted by Crippen LogP contribution is 2.38. The number of aromatic hydroxyl groups is 1. The number of hydrogen-bond acceptors (Lipinski definition) is 3. The minimum absolute atomic E-state index is 0.0512. The lowest BCUT2D eigenvalue weighted by Gasteiger charge is -2.21. The lowest BCUT2D eigenvalue weighted by Crippen LogP contribution is -2.37. The van der Waals surface area contributed by atoms with Gasteiger partial charge in [0.15, 0.2) is 0 Å². The number of para-hydroxylation sites is 1. The lowest BCUT2D eigenvalue weighted by molar-refractivity contribution is 0.0987. The van der Waals surface area contributed by atoms with Crippen LogP contribution in [0.25, 0.3) is 0 Å². The summed E-state index contributed by atoms with van der Waals surface area (Å²) < 4.78 is 0. The van der Waals surface area contributed by atoms with Gasteiger partial charge in [-0.25, -0.2) is 0 Å². The Bertz CT molecular complexity index is 795. The number of amides is 1. The van der Waals surface area contributed by atoms with Crippen LogP contribution in [0.15, 0.2) is 41.4 Å². The molecule has 1 amide bonds. The van der Waals surface area contributed by atoms with Gasteiger partial charge in [0, 0.05) is 24.4 Å². The van der Waals surface area contributed by atoms with E-state index in [1.54, 1.807) is 30.2 Å². The molecule has 0 saturated carbocycles. The second-order valence-electron chi connectivity index (χ2n) is 5.51. The number of carbonyl (C=O) groups excluding carboxylic acids is 1. The third-order valence-corrected chi connectivity index (χ3v) is 4.16. The summed E-state index contributed by atoms with van der Waals surface area (Å²) in [6.07, 6.45) is 2.59. The summed E-state index contributed by atoms with van der Waals surface area (Å²) in [5.41, 5.74) is 3.89. The van der Waals surface area contributed by atoms with Crippen molar-refractivity contribution in [2.24, 2.45) is 4.99 Å². The predicted molar refractivity (Wildman–Crippen MR) is 81.7 cm³/mol. The molecule has 2 aromatic carbocycles. The first-order valence-electron chi connectivity index (χ1n) is 6.94. The normalized spacial score (nSPS) is 19.0. The molecule has 0 saturated heterocycles. The van der Waals surface area contributed by atoms with Gasteiger partial charge in [0.1, 0.15) is 5.75 Å². The van der Waals surface area contributed by atoms with E-state index in [-0.39, 0.29) is 17.7 Å². The molecule has 104 valence electrons. The minimum atomic E-state index is -0.0550. The predicted octanol–water partition coefficient (Wildman–Crippen LogP) is 2.99. The van der Waals surface area contributed by atoms with Crippen LogP contribution in [-0.2, 0) is 6.42 Å². The van der Waals surface area contributed by atoms with Crippen LogP contribution in [0.3, 0.4) is 0 Å². The molecule has 2 aliphatic heterocycles. The van der Waals surface area contributed by atoms with Crippen molar-refractivity contribution in [2.45, 2.75) is 19.4 Å². The fourth-order valence-electron chi connectivity index (χ4n) is 3.05. The zero-order valence-electron chi connectivity index (χ0n) is 11.6. The fraction of sp³-hybridized carbons (Fsp3) is 0.176. The van der Waals surface area contributed by atoms with Crippen LogP contribution >= 0.6 is 0 Å². The number of anilines is 1. The zero-order valence-corrected chi connectivity index (χ0v) is 11.6. The van der Waals surface area contributed by atoms with E-state index in [1.165, 1.54) is 5.56 Å². The molecule has 0 radical (unpaired) electrons. The molecule has 2 aliphatic rings. The summed E-state index contributed by atoms with van der Waals surface area (Å²) in [7, 11) is 0. The van der Waals surface area contributed by atoms with Gasteiger partial charge in [0.25, 0.3) is 5.91 Å². The summed E-state index contributed by atoms with van der Waals surface area (Å²) in [6, 6.07) is 11.2. The molecule has 2 aromatic rings. The molecule has 0 aliphatic carbocycles. The number of aliphatic imine (C=N–C) groups is 1. The molecule has 1 unspecified atom stereocenters. The highest BCUT2D eigenvalue weighted by Gasteiger charge is 2.35. The van der Waals surface area contributed by atoms with Crippen molar-refractivity contribution in [2.75, 3.05) is 4.90 Å². The Morgan fingerprint density at radius 1 is 1.29 bits per heavy atom. The molecule has 2 heterocycles. The maximum Gasteiger partial charge on any atom is 0.261 e. The van der Waals surface area contributed by atoms with Crippen molar-refractivity contribution < 1.29 is 9.90 Å². The summed E-state index contributed by atoms with van der Waals surface area (Å²) in [5, 5.41) is 9.82. The number of fused-ring (bicyclic) bond motifs is 4. The standard InChI is InChI=1S/C17H14N2O2/c1-10-6-13-14(8-16(10)20)18-9-12-7-11-4-2-3-5-15(11)19(12)17(13)21/h2-6,8-9,12,20H,7H2,1H3. The van der Waals surface area contributed by atoms with Crippen molar-refractivity contribution in [3.05, 3.63) is 53.1 Å². The fourth-order valence-corrected chi connectivity index (χ4v) is 3.05. The van der Waals surface area contributed by atoms with E-state index in [0.717, 1.165) is 12.1 Å². The second kappa shape index (κ2) is 4.19. The van der Waals surface area contributed by atoms with Crippen LogP contribution in [0.5, 0.6) is 5.75 Å². The first kappa shape index (κ1) is 12.1. The minimum Gasteiger partial charge on any atom is -0.508 e. The molecule has 0 aromatic heterocycles. The number of hydrogen-bond donors (Lipinski definition) is 1. The van der Waals surface area contributed by atoms with E-state index >= 15 is 0 Å². The summed E-state index contributed by atoms with van der Waals surface area (Å²) in [4.78, 5) is 19.1. The van der Waals surface area contributed by atoms with Crippen LogP contribution in [0.4, 0.5) is 11.4 Å². The number of aryl methyl sites for hydroxylation is 1. The van der Waals surface area contributed by atoms with Crippen molar-refractivity contribution >= 4 is 23.5 Å². The number of nitrogens with zero attached hydrogens (tertiary/aromatic N) is 2. The Morgan fingerprint density at radius 2 is 2.10 bits per heavy atom. The third kappa shape index (κ3) is 1.69. The van der Waals surface area contributed by atoms with Crippen LogP contribution in [0, 0.1) is 6.92 Å². The van der Waals surface area contributed by atoms with Gasteiger partial charge < -0.3 is 5.11 Å². The molecule has 0 fully saturated rings. The topological polar surface area (TPSA) is 52.9 Å². The summed E-state index contributed by atoms with van der Waals surface area (Å²) in [5.74, 6) is 0.113.